The number of benzene rings is 1. The highest BCUT2D eigenvalue weighted by atomic mass is 32.2. The van der Waals surface area contributed by atoms with Crippen LogP contribution in [-0.4, -0.2) is 41.0 Å². The van der Waals surface area contributed by atoms with Crippen molar-refractivity contribution in [3.63, 3.8) is 0 Å². The summed E-state index contributed by atoms with van der Waals surface area (Å²) in [6.45, 7) is 3.32. The van der Waals surface area contributed by atoms with E-state index in [4.69, 9.17) is 5.26 Å². The van der Waals surface area contributed by atoms with E-state index in [1.165, 1.54) is 30.0 Å². The van der Waals surface area contributed by atoms with Crippen LogP contribution in [0.1, 0.15) is 18.1 Å². The van der Waals surface area contributed by atoms with Crippen LogP contribution in [0.2, 0.25) is 0 Å². The van der Waals surface area contributed by atoms with Crippen molar-refractivity contribution in [1.29, 1.82) is 5.26 Å². The number of carbonyl (C=O) groups is 1. The lowest BCUT2D eigenvalue weighted by Gasteiger charge is -2.24. The molecule has 0 saturated carbocycles. The molecule has 1 fully saturated rings. The minimum Gasteiger partial charge on any atom is -0.480 e. The highest BCUT2D eigenvalue weighted by Crippen LogP contribution is 2.34. The van der Waals surface area contributed by atoms with Gasteiger partial charge in [0.1, 0.15) is 6.04 Å². The molecule has 8 heteroatoms. The predicted octanol–water partition coefficient (Wildman–Crippen LogP) is 1.40. The Hall–Kier alpha value is -1.56. The number of nitrogens with zero attached hydrogens (tertiary/aromatic N) is 2. The first kappa shape index (κ1) is 15.8. The number of carboxylic acid groups (broad SMARTS) is 1. The van der Waals surface area contributed by atoms with Gasteiger partial charge in [-0.2, -0.15) is 9.57 Å². The van der Waals surface area contributed by atoms with E-state index < -0.39 is 27.4 Å². The first-order valence-electron chi connectivity index (χ1n) is 6.17. The van der Waals surface area contributed by atoms with Crippen LogP contribution < -0.4 is 0 Å². The number of nitriles is 1. The predicted molar refractivity (Wildman–Crippen MR) is 78.3 cm³/mol. The second kappa shape index (κ2) is 5.67. The van der Waals surface area contributed by atoms with Crippen molar-refractivity contribution in [3.05, 3.63) is 29.3 Å². The van der Waals surface area contributed by atoms with Crippen LogP contribution in [0.3, 0.4) is 0 Å². The number of carboxylic acids is 1. The van der Waals surface area contributed by atoms with Crippen LogP contribution in [0, 0.1) is 18.3 Å². The number of aliphatic carboxylic acids is 1. The number of hydrogen-bond acceptors (Lipinski definition) is 5. The second-order valence-corrected chi connectivity index (χ2v) is 7.90. The van der Waals surface area contributed by atoms with E-state index in [0.29, 0.717) is 11.1 Å². The van der Waals surface area contributed by atoms with Gasteiger partial charge >= 0.3 is 5.97 Å². The van der Waals surface area contributed by atoms with Gasteiger partial charge in [0.2, 0.25) is 10.0 Å². The molecule has 1 aliphatic rings. The maximum absolute atomic E-state index is 12.7. The highest BCUT2D eigenvalue weighted by molar-refractivity contribution is 8.01. The number of hydrogen-bond donors (Lipinski definition) is 1. The lowest BCUT2D eigenvalue weighted by molar-refractivity contribution is -0.140. The van der Waals surface area contributed by atoms with Gasteiger partial charge in [-0.3, -0.25) is 4.79 Å². The van der Waals surface area contributed by atoms with E-state index >= 15 is 0 Å². The van der Waals surface area contributed by atoms with Crippen molar-refractivity contribution in [2.45, 2.75) is 30.2 Å². The number of aryl methyl sites for hydroxylation is 1. The van der Waals surface area contributed by atoms with E-state index in [9.17, 15) is 18.3 Å². The molecular weight excluding hydrogens is 312 g/mol. The maximum Gasteiger partial charge on any atom is 0.322 e. The Labute approximate surface area is 127 Å². The third-order valence-corrected chi connectivity index (χ3v) is 6.67. The average molecular weight is 326 g/mol. The van der Waals surface area contributed by atoms with Gasteiger partial charge in [-0.05, 0) is 37.6 Å². The van der Waals surface area contributed by atoms with Crippen molar-refractivity contribution < 1.29 is 18.3 Å². The van der Waals surface area contributed by atoms with Crippen LogP contribution >= 0.6 is 11.8 Å². The topological polar surface area (TPSA) is 98.5 Å². The summed E-state index contributed by atoms with van der Waals surface area (Å²) in [5, 5.41) is 17.6. The van der Waals surface area contributed by atoms with Crippen molar-refractivity contribution >= 4 is 27.8 Å². The third kappa shape index (κ3) is 2.77. The van der Waals surface area contributed by atoms with Crippen LogP contribution in [0.4, 0.5) is 0 Å². The monoisotopic (exact) mass is 326 g/mol. The lowest BCUT2D eigenvalue weighted by atomic mass is 10.1. The molecule has 1 aliphatic heterocycles. The summed E-state index contributed by atoms with van der Waals surface area (Å²) in [6, 6.07) is 5.09. The third-order valence-electron chi connectivity index (χ3n) is 3.34. The average Bonchev–Trinajstić information content (AvgIpc) is 2.81. The summed E-state index contributed by atoms with van der Waals surface area (Å²) in [4.78, 5) is 11.3. The zero-order valence-corrected chi connectivity index (χ0v) is 13.1. The minimum absolute atomic E-state index is 0.0135. The summed E-state index contributed by atoms with van der Waals surface area (Å²) in [6.07, 6.45) is 0. The summed E-state index contributed by atoms with van der Waals surface area (Å²) in [5.41, 5.74) is 0.942. The normalized spacial score (nSPS) is 22.9. The number of thioether (sulfide) groups is 1. The molecule has 0 aliphatic carbocycles. The molecule has 1 N–H and O–H groups in total. The Morgan fingerprint density at radius 3 is 2.71 bits per heavy atom. The van der Waals surface area contributed by atoms with Crippen molar-refractivity contribution in [2.75, 3.05) is 5.75 Å². The van der Waals surface area contributed by atoms with Gasteiger partial charge in [-0.25, -0.2) is 8.42 Å². The molecule has 2 rings (SSSR count). The Balaban J connectivity index is 2.49. The first-order chi connectivity index (χ1) is 9.78. The molecule has 6 nitrogen and oxygen atoms in total. The molecule has 21 heavy (non-hydrogen) atoms. The van der Waals surface area contributed by atoms with E-state index in [1.807, 2.05) is 6.07 Å². The molecule has 0 amide bonds. The minimum atomic E-state index is -3.91. The van der Waals surface area contributed by atoms with Gasteiger partial charge in [-0.15, -0.1) is 11.8 Å². The molecule has 1 heterocycles. The fraction of sp³-hybridized carbons (Fsp3) is 0.385. The molecule has 0 aromatic heterocycles. The molecule has 1 aromatic rings. The van der Waals surface area contributed by atoms with Gasteiger partial charge in [0, 0.05) is 5.75 Å². The Morgan fingerprint density at radius 1 is 1.52 bits per heavy atom. The molecule has 0 spiro atoms. The number of sulfonamides is 1. The second-order valence-electron chi connectivity index (χ2n) is 4.71. The fourth-order valence-electron chi connectivity index (χ4n) is 2.22. The molecule has 0 bridgehead atoms. The van der Waals surface area contributed by atoms with Gasteiger partial charge in [0.15, 0.2) is 0 Å². The smallest absolute Gasteiger partial charge is 0.322 e. The van der Waals surface area contributed by atoms with Gasteiger partial charge < -0.3 is 5.11 Å². The molecule has 1 saturated heterocycles. The molecule has 2 atom stereocenters. The zero-order chi connectivity index (χ0) is 15.8. The summed E-state index contributed by atoms with van der Waals surface area (Å²) >= 11 is 1.29. The van der Waals surface area contributed by atoms with Crippen molar-refractivity contribution in [1.82, 2.24) is 4.31 Å². The Morgan fingerprint density at radius 2 is 2.19 bits per heavy atom. The largest absolute Gasteiger partial charge is 0.480 e. The lowest BCUT2D eigenvalue weighted by Crippen LogP contribution is -2.44. The molecular formula is C13H14N2O4S2. The first-order valence-corrected chi connectivity index (χ1v) is 8.66. The summed E-state index contributed by atoms with van der Waals surface area (Å²) in [7, 11) is -3.91. The standard InChI is InChI=1S/C13H14N2O4S2/c1-8-5-11(4-3-10(8)6-14)21(18,19)15-9(2)20-7-12(15)13(16)17/h3-5,9,12H,7H2,1-2H3,(H,16,17). The highest BCUT2D eigenvalue weighted by Gasteiger charge is 2.44. The van der Waals surface area contributed by atoms with Crippen molar-refractivity contribution in [2.24, 2.45) is 0 Å². The van der Waals surface area contributed by atoms with E-state index in [0.717, 1.165) is 4.31 Å². The molecule has 112 valence electrons. The van der Waals surface area contributed by atoms with Gasteiger partial charge in [0.25, 0.3) is 0 Å². The maximum atomic E-state index is 12.7. The van der Waals surface area contributed by atoms with Crippen LogP contribution in [0.25, 0.3) is 0 Å². The van der Waals surface area contributed by atoms with Gasteiger partial charge in [0.05, 0.1) is 21.9 Å². The van der Waals surface area contributed by atoms with Crippen LogP contribution in [0.5, 0.6) is 0 Å². The molecule has 1 aromatic carbocycles. The van der Waals surface area contributed by atoms with Crippen molar-refractivity contribution in [3.8, 4) is 6.07 Å². The van der Waals surface area contributed by atoms with E-state index in [2.05, 4.69) is 0 Å². The van der Waals surface area contributed by atoms with Crippen LogP contribution in [0.15, 0.2) is 23.1 Å². The Bertz CT molecular complexity index is 724. The van der Waals surface area contributed by atoms with Gasteiger partial charge in [-0.1, -0.05) is 0 Å². The van der Waals surface area contributed by atoms with E-state index in [-0.39, 0.29) is 10.6 Å². The molecule has 2 unspecified atom stereocenters. The fourth-order valence-corrected chi connectivity index (χ4v) is 5.59. The molecule has 0 radical (unpaired) electrons. The quantitative estimate of drug-likeness (QED) is 0.901. The Kier molecular flexibility index (Phi) is 4.27. The zero-order valence-electron chi connectivity index (χ0n) is 11.5. The SMILES string of the molecule is Cc1cc(S(=O)(=O)N2C(C)SCC2C(=O)O)ccc1C#N. The number of rotatable bonds is 3. The van der Waals surface area contributed by atoms with E-state index in [1.54, 1.807) is 13.8 Å². The summed E-state index contributed by atoms with van der Waals surface area (Å²) in [5.74, 6) is -0.925. The van der Waals surface area contributed by atoms with Crippen LogP contribution in [-0.2, 0) is 14.8 Å². The summed E-state index contributed by atoms with van der Waals surface area (Å²) < 4.78 is 26.4.